The number of aromatic nitrogens is 1. The lowest BCUT2D eigenvalue weighted by Crippen LogP contribution is -2.29. The first kappa shape index (κ1) is 23.8. The second-order valence-electron chi connectivity index (χ2n) is 7.28. The van der Waals surface area contributed by atoms with E-state index in [0.29, 0.717) is 5.82 Å². The van der Waals surface area contributed by atoms with Gasteiger partial charge in [-0.05, 0) is 55.6 Å². The SMILES string of the molecule is N=C(S/C=C/NC(=O)Nc1cccc(CN2CCCCC2)n1)c1cccc(C(F)(F)F)c1. The third kappa shape index (κ3) is 7.38. The number of amides is 2. The molecule has 0 spiro atoms. The molecular weight excluding hydrogens is 439 g/mol. The van der Waals surface area contributed by atoms with Gasteiger partial charge in [-0.15, -0.1) is 0 Å². The number of rotatable bonds is 6. The number of alkyl halides is 3. The predicted molar refractivity (Wildman–Crippen MR) is 121 cm³/mol. The summed E-state index contributed by atoms with van der Waals surface area (Å²) < 4.78 is 38.4. The fourth-order valence-electron chi connectivity index (χ4n) is 3.25. The van der Waals surface area contributed by atoms with E-state index in [1.165, 1.54) is 43.0 Å². The molecule has 1 aliphatic rings. The average Bonchev–Trinajstić information content (AvgIpc) is 2.77. The number of hydrogen-bond acceptors (Lipinski definition) is 5. The summed E-state index contributed by atoms with van der Waals surface area (Å²) in [6.07, 6.45) is 0.498. The van der Waals surface area contributed by atoms with Crippen LogP contribution in [0.1, 0.15) is 36.1 Å². The molecule has 2 heterocycles. The van der Waals surface area contributed by atoms with Crippen molar-refractivity contribution in [2.75, 3.05) is 18.4 Å². The zero-order valence-electron chi connectivity index (χ0n) is 17.3. The molecule has 1 saturated heterocycles. The minimum absolute atomic E-state index is 0.0679. The van der Waals surface area contributed by atoms with Crippen molar-refractivity contribution in [2.45, 2.75) is 32.0 Å². The third-order valence-electron chi connectivity index (χ3n) is 4.80. The lowest BCUT2D eigenvalue weighted by molar-refractivity contribution is -0.137. The smallest absolute Gasteiger partial charge is 0.314 e. The molecule has 32 heavy (non-hydrogen) atoms. The van der Waals surface area contributed by atoms with E-state index in [4.69, 9.17) is 5.41 Å². The maximum absolute atomic E-state index is 12.8. The van der Waals surface area contributed by atoms with Gasteiger partial charge in [0.2, 0.25) is 0 Å². The molecule has 10 heteroatoms. The number of carbonyl (C=O) groups is 1. The molecule has 0 aliphatic carbocycles. The van der Waals surface area contributed by atoms with Crippen LogP contribution in [0.25, 0.3) is 0 Å². The first-order chi connectivity index (χ1) is 15.3. The number of halogens is 3. The Morgan fingerprint density at radius 3 is 2.66 bits per heavy atom. The number of thioether (sulfide) groups is 1. The number of anilines is 1. The van der Waals surface area contributed by atoms with Gasteiger partial charge in [-0.2, -0.15) is 13.2 Å². The average molecular weight is 464 g/mol. The zero-order valence-corrected chi connectivity index (χ0v) is 18.1. The molecule has 170 valence electrons. The Hall–Kier alpha value is -2.85. The van der Waals surface area contributed by atoms with Crippen LogP contribution < -0.4 is 10.6 Å². The quantitative estimate of drug-likeness (QED) is 0.394. The van der Waals surface area contributed by atoms with Crippen molar-refractivity contribution in [2.24, 2.45) is 0 Å². The zero-order chi connectivity index (χ0) is 23.0. The van der Waals surface area contributed by atoms with Crippen molar-refractivity contribution in [1.29, 1.82) is 5.41 Å². The van der Waals surface area contributed by atoms with Crippen LogP contribution in [-0.2, 0) is 12.7 Å². The maximum atomic E-state index is 12.8. The Labute approximate surface area is 188 Å². The molecule has 3 rings (SSSR count). The summed E-state index contributed by atoms with van der Waals surface area (Å²) in [5, 5.41) is 14.4. The van der Waals surface area contributed by atoms with Crippen LogP contribution in [-0.4, -0.2) is 34.0 Å². The van der Waals surface area contributed by atoms with Gasteiger partial charge >= 0.3 is 12.2 Å². The van der Waals surface area contributed by atoms with Crippen LogP contribution in [0.2, 0.25) is 0 Å². The number of piperidine rings is 1. The number of pyridine rings is 1. The van der Waals surface area contributed by atoms with Crippen molar-refractivity contribution >= 4 is 28.7 Å². The Morgan fingerprint density at radius 1 is 1.16 bits per heavy atom. The summed E-state index contributed by atoms with van der Waals surface area (Å²) in [7, 11) is 0. The van der Waals surface area contributed by atoms with E-state index in [-0.39, 0.29) is 10.6 Å². The van der Waals surface area contributed by atoms with Crippen LogP contribution >= 0.6 is 11.8 Å². The molecule has 1 aromatic heterocycles. The number of nitrogens with one attached hydrogen (secondary N) is 3. The molecule has 2 amide bonds. The Kier molecular flexibility index (Phi) is 8.29. The van der Waals surface area contributed by atoms with Crippen molar-refractivity contribution in [3.8, 4) is 0 Å². The highest BCUT2D eigenvalue weighted by atomic mass is 32.2. The van der Waals surface area contributed by atoms with E-state index >= 15 is 0 Å². The minimum atomic E-state index is -4.46. The maximum Gasteiger partial charge on any atom is 0.416 e. The number of benzene rings is 1. The minimum Gasteiger partial charge on any atom is -0.314 e. The Morgan fingerprint density at radius 2 is 1.91 bits per heavy atom. The van der Waals surface area contributed by atoms with Gasteiger partial charge in [0.15, 0.2) is 0 Å². The van der Waals surface area contributed by atoms with Gasteiger partial charge in [-0.1, -0.05) is 36.4 Å². The van der Waals surface area contributed by atoms with Crippen molar-refractivity contribution in [1.82, 2.24) is 15.2 Å². The largest absolute Gasteiger partial charge is 0.416 e. The molecule has 3 N–H and O–H groups in total. The summed E-state index contributed by atoms with van der Waals surface area (Å²) >= 11 is 0.891. The highest BCUT2D eigenvalue weighted by Gasteiger charge is 2.30. The Balaban J connectivity index is 1.46. The van der Waals surface area contributed by atoms with Gasteiger partial charge in [-0.25, -0.2) is 9.78 Å². The van der Waals surface area contributed by atoms with Gasteiger partial charge in [0.25, 0.3) is 0 Å². The summed E-state index contributed by atoms with van der Waals surface area (Å²) in [6, 6.07) is 9.52. The van der Waals surface area contributed by atoms with Gasteiger partial charge in [-0.3, -0.25) is 15.6 Å². The molecule has 6 nitrogen and oxygen atoms in total. The monoisotopic (exact) mass is 463 g/mol. The second kappa shape index (κ2) is 11.1. The van der Waals surface area contributed by atoms with Crippen molar-refractivity contribution in [3.63, 3.8) is 0 Å². The molecule has 0 bridgehead atoms. The third-order valence-corrected chi connectivity index (χ3v) is 5.55. The standard InChI is InChI=1S/C22H24F3N5OS/c23-22(24,25)17-7-4-6-16(14-17)20(26)32-13-10-27-21(31)29-19-9-5-8-18(28-19)15-30-11-2-1-3-12-30/h4-10,13-14,26H,1-3,11-12,15H2,(H2,27,28,29,31)/b13-10+,26-20?. The van der Waals surface area contributed by atoms with E-state index in [9.17, 15) is 18.0 Å². The summed E-state index contributed by atoms with van der Waals surface area (Å²) in [5.74, 6) is 0.426. The number of nitrogens with zero attached hydrogens (tertiary/aromatic N) is 2. The molecule has 0 radical (unpaired) electrons. The van der Waals surface area contributed by atoms with Gasteiger partial charge in [0, 0.05) is 18.3 Å². The summed E-state index contributed by atoms with van der Waals surface area (Å²) in [6.45, 7) is 2.85. The van der Waals surface area contributed by atoms with Gasteiger partial charge in [0.05, 0.1) is 16.3 Å². The highest BCUT2D eigenvalue weighted by Crippen LogP contribution is 2.30. The van der Waals surface area contributed by atoms with E-state index in [1.54, 1.807) is 6.07 Å². The van der Waals surface area contributed by atoms with Gasteiger partial charge < -0.3 is 5.32 Å². The summed E-state index contributed by atoms with van der Waals surface area (Å²) in [4.78, 5) is 18.9. The molecule has 0 saturated carbocycles. The number of carbonyl (C=O) groups excluding carboxylic acids is 1. The number of urea groups is 1. The van der Waals surface area contributed by atoms with Crippen LogP contribution in [0, 0.1) is 5.41 Å². The fraction of sp³-hybridized carbons (Fsp3) is 0.318. The lowest BCUT2D eigenvalue weighted by atomic mass is 10.1. The van der Waals surface area contributed by atoms with Crippen LogP contribution in [0.4, 0.5) is 23.8 Å². The van der Waals surface area contributed by atoms with E-state index in [1.807, 2.05) is 12.1 Å². The van der Waals surface area contributed by atoms with Crippen molar-refractivity contribution in [3.05, 3.63) is 70.9 Å². The molecule has 1 fully saturated rings. The summed E-state index contributed by atoms with van der Waals surface area (Å²) in [5.41, 5.74) is 0.218. The topological polar surface area (TPSA) is 81.1 Å². The normalized spacial score (nSPS) is 15.0. The first-order valence-electron chi connectivity index (χ1n) is 10.1. The molecule has 2 aromatic rings. The molecule has 0 atom stereocenters. The predicted octanol–water partition coefficient (Wildman–Crippen LogP) is 5.44. The van der Waals surface area contributed by atoms with Crippen molar-refractivity contribution < 1.29 is 18.0 Å². The molecular formula is C22H24F3N5OS. The lowest BCUT2D eigenvalue weighted by Gasteiger charge is -2.26. The van der Waals surface area contributed by atoms with E-state index in [0.717, 1.165) is 49.2 Å². The number of likely N-dealkylation sites (tertiary alicyclic amines) is 1. The van der Waals surface area contributed by atoms with E-state index < -0.39 is 17.8 Å². The van der Waals surface area contributed by atoms with Crippen LogP contribution in [0.3, 0.4) is 0 Å². The van der Waals surface area contributed by atoms with Crippen LogP contribution in [0.5, 0.6) is 0 Å². The van der Waals surface area contributed by atoms with Gasteiger partial charge in [0.1, 0.15) is 5.82 Å². The molecule has 1 aliphatic heterocycles. The molecule has 1 aromatic carbocycles. The highest BCUT2D eigenvalue weighted by molar-refractivity contribution is 8.16. The second-order valence-corrected chi connectivity index (χ2v) is 8.19. The van der Waals surface area contributed by atoms with Crippen LogP contribution in [0.15, 0.2) is 54.1 Å². The Bertz CT molecular complexity index is 974. The first-order valence-corrected chi connectivity index (χ1v) is 11.0. The molecule has 0 unspecified atom stereocenters. The number of hydrogen-bond donors (Lipinski definition) is 3. The fourth-order valence-corrected chi connectivity index (χ4v) is 3.79. The van der Waals surface area contributed by atoms with E-state index in [2.05, 4.69) is 20.5 Å².